The first-order valence-corrected chi connectivity index (χ1v) is 4.74. The molecule has 0 aromatic rings. The second-order valence-electron chi connectivity index (χ2n) is 3.32. The molecule has 13 heavy (non-hydrogen) atoms. The minimum Gasteiger partial charge on any atom is -0.337 e. The lowest BCUT2D eigenvalue weighted by Crippen LogP contribution is -2.37. The molecule has 0 saturated carbocycles. The highest BCUT2D eigenvalue weighted by atomic mass is 16.2. The number of rotatable bonds is 6. The first-order chi connectivity index (χ1) is 6.13. The molecule has 0 spiro atoms. The van der Waals surface area contributed by atoms with Crippen molar-refractivity contribution in [2.75, 3.05) is 13.1 Å². The van der Waals surface area contributed by atoms with Crippen molar-refractivity contribution in [3.63, 3.8) is 0 Å². The third-order valence-corrected chi connectivity index (χ3v) is 1.86. The average Bonchev–Trinajstić information content (AvgIpc) is 2.09. The van der Waals surface area contributed by atoms with E-state index in [-0.39, 0.29) is 11.9 Å². The monoisotopic (exact) mass is 184 g/mol. The van der Waals surface area contributed by atoms with Crippen LogP contribution in [0, 0.1) is 0 Å². The van der Waals surface area contributed by atoms with Gasteiger partial charge < -0.3 is 10.6 Å². The third kappa shape index (κ3) is 4.68. The SMILES string of the molecule is C=CCN(C(=O)CCCN)C(C)C. The Hall–Kier alpha value is -0.830. The number of nitrogens with zero attached hydrogens (tertiary/aromatic N) is 1. The van der Waals surface area contributed by atoms with Gasteiger partial charge in [-0.2, -0.15) is 0 Å². The Morgan fingerprint density at radius 3 is 2.62 bits per heavy atom. The van der Waals surface area contributed by atoms with Gasteiger partial charge in [-0.25, -0.2) is 0 Å². The van der Waals surface area contributed by atoms with Crippen LogP contribution < -0.4 is 5.73 Å². The molecule has 1 amide bonds. The Kier molecular flexibility index (Phi) is 6.24. The molecule has 0 aliphatic rings. The molecule has 2 N–H and O–H groups in total. The van der Waals surface area contributed by atoms with Crippen LogP contribution in [0.15, 0.2) is 12.7 Å². The van der Waals surface area contributed by atoms with Crippen molar-refractivity contribution in [1.29, 1.82) is 0 Å². The number of hydrogen-bond donors (Lipinski definition) is 1. The molecule has 0 unspecified atom stereocenters. The Balaban J connectivity index is 4.03. The van der Waals surface area contributed by atoms with Crippen LogP contribution >= 0.6 is 0 Å². The minimum absolute atomic E-state index is 0.167. The van der Waals surface area contributed by atoms with Crippen LogP contribution in [0.2, 0.25) is 0 Å². The van der Waals surface area contributed by atoms with Gasteiger partial charge in [-0.15, -0.1) is 6.58 Å². The Morgan fingerprint density at radius 1 is 1.62 bits per heavy atom. The molecule has 3 nitrogen and oxygen atoms in total. The van der Waals surface area contributed by atoms with Crippen molar-refractivity contribution >= 4 is 5.91 Å². The number of amides is 1. The van der Waals surface area contributed by atoms with E-state index in [1.54, 1.807) is 6.08 Å². The lowest BCUT2D eigenvalue weighted by Gasteiger charge is -2.25. The van der Waals surface area contributed by atoms with E-state index in [0.29, 0.717) is 19.5 Å². The van der Waals surface area contributed by atoms with Crippen molar-refractivity contribution in [3.8, 4) is 0 Å². The first kappa shape index (κ1) is 12.2. The molecule has 0 saturated heterocycles. The summed E-state index contributed by atoms with van der Waals surface area (Å²) >= 11 is 0. The van der Waals surface area contributed by atoms with E-state index in [9.17, 15) is 4.79 Å². The zero-order valence-electron chi connectivity index (χ0n) is 8.62. The van der Waals surface area contributed by atoms with Crippen molar-refractivity contribution < 1.29 is 4.79 Å². The molecule has 3 heteroatoms. The van der Waals surface area contributed by atoms with Crippen molar-refractivity contribution in [2.24, 2.45) is 5.73 Å². The molecule has 76 valence electrons. The predicted molar refractivity (Wildman–Crippen MR) is 55.3 cm³/mol. The molecule has 0 bridgehead atoms. The van der Waals surface area contributed by atoms with E-state index >= 15 is 0 Å². The Labute approximate surface area is 80.6 Å². The zero-order chi connectivity index (χ0) is 10.3. The molecule has 0 atom stereocenters. The van der Waals surface area contributed by atoms with Gasteiger partial charge in [0.1, 0.15) is 0 Å². The predicted octanol–water partition coefficient (Wildman–Crippen LogP) is 1.15. The van der Waals surface area contributed by atoms with Gasteiger partial charge in [-0.1, -0.05) is 6.08 Å². The van der Waals surface area contributed by atoms with Crippen LogP contribution in [0.3, 0.4) is 0 Å². The van der Waals surface area contributed by atoms with Gasteiger partial charge in [0.15, 0.2) is 0 Å². The number of nitrogens with two attached hydrogens (primary N) is 1. The fourth-order valence-corrected chi connectivity index (χ4v) is 1.14. The van der Waals surface area contributed by atoms with Gasteiger partial charge in [0, 0.05) is 19.0 Å². The number of carbonyl (C=O) groups excluding carboxylic acids is 1. The molecule has 0 heterocycles. The zero-order valence-corrected chi connectivity index (χ0v) is 8.62. The molecule has 0 rings (SSSR count). The third-order valence-electron chi connectivity index (χ3n) is 1.86. The van der Waals surface area contributed by atoms with Gasteiger partial charge in [-0.05, 0) is 26.8 Å². The molecule has 0 aliphatic heterocycles. The number of hydrogen-bond acceptors (Lipinski definition) is 2. The van der Waals surface area contributed by atoms with Gasteiger partial charge in [0.2, 0.25) is 5.91 Å². The quantitative estimate of drug-likeness (QED) is 0.629. The second kappa shape index (κ2) is 6.66. The summed E-state index contributed by atoms with van der Waals surface area (Å²) < 4.78 is 0. The van der Waals surface area contributed by atoms with Crippen LogP contribution in [0.5, 0.6) is 0 Å². The molecule has 0 fully saturated rings. The standard InChI is InChI=1S/C10H20N2O/c1-4-8-12(9(2)3)10(13)6-5-7-11/h4,9H,1,5-8,11H2,2-3H3. The molecule has 0 aromatic heterocycles. The van der Waals surface area contributed by atoms with Gasteiger partial charge in [0.05, 0.1) is 0 Å². The topological polar surface area (TPSA) is 46.3 Å². The molecule has 0 aliphatic carbocycles. The van der Waals surface area contributed by atoms with Gasteiger partial charge >= 0.3 is 0 Å². The number of carbonyl (C=O) groups is 1. The summed E-state index contributed by atoms with van der Waals surface area (Å²) in [5.74, 6) is 0.167. The van der Waals surface area contributed by atoms with Crippen LogP contribution in [0.4, 0.5) is 0 Å². The van der Waals surface area contributed by atoms with Crippen LogP contribution in [0.1, 0.15) is 26.7 Å². The summed E-state index contributed by atoms with van der Waals surface area (Å²) in [5, 5.41) is 0. The van der Waals surface area contributed by atoms with E-state index in [0.717, 1.165) is 6.42 Å². The lowest BCUT2D eigenvalue weighted by molar-refractivity contribution is -0.132. The van der Waals surface area contributed by atoms with E-state index < -0.39 is 0 Å². The smallest absolute Gasteiger partial charge is 0.223 e. The summed E-state index contributed by atoms with van der Waals surface area (Å²) in [6.45, 7) is 8.84. The normalized spacial score (nSPS) is 10.2. The van der Waals surface area contributed by atoms with Crippen molar-refractivity contribution in [3.05, 3.63) is 12.7 Å². The minimum atomic E-state index is 0.167. The van der Waals surface area contributed by atoms with Gasteiger partial charge in [-0.3, -0.25) is 4.79 Å². The largest absolute Gasteiger partial charge is 0.337 e. The van der Waals surface area contributed by atoms with Crippen molar-refractivity contribution in [1.82, 2.24) is 4.90 Å². The van der Waals surface area contributed by atoms with Gasteiger partial charge in [0.25, 0.3) is 0 Å². The highest BCUT2D eigenvalue weighted by molar-refractivity contribution is 5.76. The average molecular weight is 184 g/mol. The maximum Gasteiger partial charge on any atom is 0.223 e. The van der Waals surface area contributed by atoms with E-state index in [4.69, 9.17) is 5.73 Å². The maximum atomic E-state index is 11.6. The fourth-order valence-electron chi connectivity index (χ4n) is 1.14. The summed E-state index contributed by atoms with van der Waals surface area (Å²) in [6, 6.07) is 0.239. The fraction of sp³-hybridized carbons (Fsp3) is 0.700. The highest BCUT2D eigenvalue weighted by Gasteiger charge is 2.13. The molecule has 0 radical (unpaired) electrons. The summed E-state index contributed by atoms with van der Waals surface area (Å²) in [6.07, 6.45) is 3.06. The van der Waals surface area contributed by atoms with E-state index in [2.05, 4.69) is 6.58 Å². The van der Waals surface area contributed by atoms with Crippen LogP contribution in [-0.2, 0) is 4.79 Å². The maximum absolute atomic E-state index is 11.6. The van der Waals surface area contributed by atoms with E-state index in [1.165, 1.54) is 0 Å². The first-order valence-electron chi connectivity index (χ1n) is 4.74. The molecule has 0 aromatic carbocycles. The molecular formula is C10H20N2O. The van der Waals surface area contributed by atoms with Crippen LogP contribution in [-0.4, -0.2) is 29.9 Å². The van der Waals surface area contributed by atoms with Crippen molar-refractivity contribution in [2.45, 2.75) is 32.7 Å². The Bertz CT molecular complexity index is 166. The Morgan fingerprint density at radius 2 is 2.23 bits per heavy atom. The van der Waals surface area contributed by atoms with E-state index in [1.807, 2.05) is 18.7 Å². The lowest BCUT2D eigenvalue weighted by atomic mass is 10.2. The highest BCUT2D eigenvalue weighted by Crippen LogP contribution is 2.03. The molecular weight excluding hydrogens is 164 g/mol. The summed E-state index contributed by atoms with van der Waals surface area (Å²) in [7, 11) is 0. The van der Waals surface area contributed by atoms with Crippen LogP contribution in [0.25, 0.3) is 0 Å². The summed E-state index contributed by atoms with van der Waals surface area (Å²) in [5.41, 5.74) is 5.34. The second-order valence-corrected chi connectivity index (χ2v) is 3.32. The summed E-state index contributed by atoms with van der Waals surface area (Å²) in [4.78, 5) is 13.4.